The van der Waals surface area contributed by atoms with Crippen LogP contribution in [0.3, 0.4) is 0 Å². The molecular formula is C15H15ClFN3O2. The normalized spacial score (nSPS) is 17.8. The van der Waals surface area contributed by atoms with Crippen LogP contribution in [-0.2, 0) is 0 Å². The van der Waals surface area contributed by atoms with Crippen LogP contribution >= 0.6 is 11.6 Å². The Kier molecular flexibility index (Phi) is 4.02. The summed E-state index contributed by atoms with van der Waals surface area (Å²) >= 11 is 5.80. The summed E-state index contributed by atoms with van der Waals surface area (Å²) in [5.41, 5.74) is 1.51. The molecule has 0 saturated carbocycles. The number of amides is 1. The molecule has 1 aromatic heterocycles. The molecule has 116 valence electrons. The van der Waals surface area contributed by atoms with Gasteiger partial charge < -0.3 is 14.7 Å². The maximum Gasteiger partial charge on any atom is 0.290 e. The molecule has 0 radical (unpaired) electrons. The number of benzene rings is 1. The average molecular weight is 324 g/mol. The van der Waals surface area contributed by atoms with Crippen molar-refractivity contribution < 1.29 is 13.7 Å². The molecule has 0 spiro atoms. The summed E-state index contributed by atoms with van der Waals surface area (Å²) in [6.45, 7) is 3.17. The van der Waals surface area contributed by atoms with Crippen LogP contribution in [0.5, 0.6) is 0 Å². The van der Waals surface area contributed by atoms with Gasteiger partial charge in [-0.1, -0.05) is 16.8 Å². The Labute approximate surface area is 132 Å². The third kappa shape index (κ3) is 3.06. The number of rotatable bonds is 3. The zero-order chi connectivity index (χ0) is 15.7. The first-order chi connectivity index (χ1) is 10.5. The van der Waals surface area contributed by atoms with E-state index in [1.165, 1.54) is 6.07 Å². The molecule has 1 saturated heterocycles. The predicted molar refractivity (Wildman–Crippen MR) is 80.7 cm³/mol. The Morgan fingerprint density at radius 3 is 3.00 bits per heavy atom. The molecule has 2 aromatic rings. The maximum atomic E-state index is 13.2. The highest BCUT2D eigenvalue weighted by Crippen LogP contribution is 2.25. The van der Waals surface area contributed by atoms with Crippen molar-refractivity contribution in [1.82, 2.24) is 10.5 Å². The molecule has 0 bridgehead atoms. The van der Waals surface area contributed by atoms with Gasteiger partial charge in [0, 0.05) is 30.9 Å². The molecule has 0 unspecified atom stereocenters. The van der Waals surface area contributed by atoms with Gasteiger partial charge in [-0.05, 0) is 31.5 Å². The van der Waals surface area contributed by atoms with Crippen molar-refractivity contribution in [2.45, 2.75) is 19.4 Å². The number of carbonyl (C=O) groups excluding carboxylic acids is 1. The minimum absolute atomic E-state index is 0.00161. The molecule has 1 atom stereocenters. The number of halogens is 2. The summed E-state index contributed by atoms with van der Waals surface area (Å²) in [5, 5.41) is 6.71. The first-order valence-corrected chi connectivity index (χ1v) is 7.35. The van der Waals surface area contributed by atoms with E-state index in [4.69, 9.17) is 16.1 Å². The molecule has 7 heteroatoms. The second-order valence-corrected chi connectivity index (χ2v) is 5.74. The van der Waals surface area contributed by atoms with E-state index in [-0.39, 0.29) is 22.7 Å². The summed E-state index contributed by atoms with van der Waals surface area (Å²) in [4.78, 5) is 14.1. The fourth-order valence-electron chi connectivity index (χ4n) is 2.52. The zero-order valence-electron chi connectivity index (χ0n) is 12.0. The summed E-state index contributed by atoms with van der Waals surface area (Å²) < 4.78 is 18.1. The number of aryl methyl sites for hydroxylation is 1. The van der Waals surface area contributed by atoms with E-state index < -0.39 is 5.82 Å². The van der Waals surface area contributed by atoms with Crippen LogP contribution in [-0.4, -0.2) is 30.2 Å². The van der Waals surface area contributed by atoms with Gasteiger partial charge in [-0.25, -0.2) is 4.39 Å². The number of aromatic nitrogens is 1. The van der Waals surface area contributed by atoms with Gasteiger partial charge in [0.25, 0.3) is 5.91 Å². The Bertz CT molecular complexity index is 704. The lowest BCUT2D eigenvalue weighted by Crippen LogP contribution is -2.36. The Morgan fingerprint density at radius 2 is 2.32 bits per heavy atom. The van der Waals surface area contributed by atoms with Crippen molar-refractivity contribution >= 4 is 23.2 Å². The summed E-state index contributed by atoms with van der Waals surface area (Å²) in [6.07, 6.45) is 0.799. The molecular weight excluding hydrogens is 309 g/mol. The van der Waals surface area contributed by atoms with E-state index in [0.717, 1.165) is 18.7 Å². The SMILES string of the molecule is Cc1cc(C(=O)N[C@H]2CCN(c3ccc(F)c(Cl)c3)C2)on1. The second-order valence-electron chi connectivity index (χ2n) is 5.34. The molecule has 1 aliphatic heterocycles. The number of hydrogen-bond acceptors (Lipinski definition) is 4. The van der Waals surface area contributed by atoms with Gasteiger partial charge in [0.2, 0.25) is 5.76 Å². The number of nitrogens with one attached hydrogen (secondary N) is 1. The minimum Gasteiger partial charge on any atom is -0.369 e. The van der Waals surface area contributed by atoms with Crippen molar-refractivity contribution in [3.8, 4) is 0 Å². The molecule has 1 aromatic carbocycles. The van der Waals surface area contributed by atoms with Gasteiger partial charge in [0.05, 0.1) is 10.7 Å². The van der Waals surface area contributed by atoms with E-state index in [9.17, 15) is 9.18 Å². The van der Waals surface area contributed by atoms with Crippen LogP contribution in [0.4, 0.5) is 10.1 Å². The van der Waals surface area contributed by atoms with Crippen molar-refractivity contribution in [2.75, 3.05) is 18.0 Å². The highest BCUT2D eigenvalue weighted by atomic mass is 35.5. The Balaban J connectivity index is 1.62. The number of hydrogen-bond donors (Lipinski definition) is 1. The van der Waals surface area contributed by atoms with Crippen LogP contribution in [0.25, 0.3) is 0 Å². The third-order valence-corrected chi connectivity index (χ3v) is 3.93. The summed E-state index contributed by atoms with van der Waals surface area (Å²) in [6, 6.07) is 6.23. The molecule has 1 N–H and O–H groups in total. The van der Waals surface area contributed by atoms with Crippen molar-refractivity contribution in [1.29, 1.82) is 0 Å². The molecule has 2 heterocycles. The largest absolute Gasteiger partial charge is 0.369 e. The van der Waals surface area contributed by atoms with Crippen LogP contribution in [0, 0.1) is 12.7 Å². The van der Waals surface area contributed by atoms with Crippen molar-refractivity contribution in [3.63, 3.8) is 0 Å². The topological polar surface area (TPSA) is 58.4 Å². The summed E-state index contributed by atoms with van der Waals surface area (Å²) in [5.74, 6) is -0.500. The maximum absolute atomic E-state index is 13.2. The molecule has 1 amide bonds. The highest BCUT2D eigenvalue weighted by molar-refractivity contribution is 6.31. The van der Waals surface area contributed by atoms with Crippen LogP contribution < -0.4 is 10.2 Å². The third-order valence-electron chi connectivity index (χ3n) is 3.64. The minimum atomic E-state index is -0.435. The lowest BCUT2D eigenvalue weighted by Gasteiger charge is -2.19. The number of anilines is 1. The standard InChI is InChI=1S/C15H15ClFN3O2/c1-9-6-14(22-19-9)15(21)18-10-4-5-20(8-10)11-2-3-13(17)12(16)7-11/h2-3,6-7,10H,4-5,8H2,1H3,(H,18,21)/t10-/m0/s1. The molecule has 0 aliphatic carbocycles. The zero-order valence-corrected chi connectivity index (χ0v) is 12.7. The van der Waals surface area contributed by atoms with Gasteiger partial charge in [-0.2, -0.15) is 0 Å². The van der Waals surface area contributed by atoms with Gasteiger partial charge >= 0.3 is 0 Å². The monoisotopic (exact) mass is 323 g/mol. The molecule has 1 fully saturated rings. The fourth-order valence-corrected chi connectivity index (χ4v) is 2.70. The van der Waals surface area contributed by atoms with Gasteiger partial charge in [-0.3, -0.25) is 4.79 Å². The quantitative estimate of drug-likeness (QED) is 0.943. The van der Waals surface area contributed by atoms with Crippen molar-refractivity contribution in [3.05, 3.63) is 46.6 Å². The molecule has 1 aliphatic rings. The first kappa shape index (κ1) is 14.8. The Hall–Kier alpha value is -2.08. The van der Waals surface area contributed by atoms with E-state index in [1.807, 2.05) is 0 Å². The van der Waals surface area contributed by atoms with Gasteiger partial charge in [0.15, 0.2) is 0 Å². The molecule has 3 rings (SSSR count). The predicted octanol–water partition coefficient (Wildman–Crippen LogP) is 2.78. The Morgan fingerprint density at radius 1 is 1.50 bits per heavy atom. The van der Waals surface area contributed by atoms with Crippen LogP contribution in [0.2, 0.25) is 5.02 Å². The summed E-state index contributed by atoms with van der Waals surface area (Å²) in [7, 11) is 0. The van der Waals surface area contributed by atoms with E-state index in [0.29, 0.717) is 12.2 Å². The smallest absolute Gasteiger partial charge is 0.290 e. The number of carbonyl (C=O) groups is 1. The van der Waals surface area contributed by atoms with E-state index in [2.05, 4.69) is 15.4 Å². The van der Waals surface area contributed by atoms with E-state index in [1.54, 1.807) is 25.1 Å². The average Bonchev–Trinajstić information content (AvgIpc) is 3.11. The first-order valence-electron chi connectivity index (χ1n) is 6.97. The lowest BCUT2D eigenvalue weighted by molar-refractivity contribution is 0.0903. The lowest BCUT2D eigenvalue weighted by atomic mass is 10.2. The second kappa shape index (κ2) is 5.96. The molecule has 22 heavy (non-hydrogen) atoms. The van der Waals surface area contributed by atoms with Crippen LogP contribution in [0.1, 0.15) is 22.7 Å². The van der Waals surface area contributed by atoms with E-state index >= 15 is 0 Å². The van der Waals surface area contributed by atoms with Crippen molar-refractivity contribution in [2.24, 2.45) is 0 Å². The van der Waals surface area contributed by atoms with Gasteiger partial charge in [-0.15, -0.1) is 0 Å². The fraction of sp³-hybridized carbons (Fsp3) is 0.333. The number of nitrogens with zero attached hydrogens (tertiary/aromatic N) is 2. The molecule has 5 nitrogen and oxygen atoms in total. The van der Waals surface area contributed by atoms with Gasteiger partial charge in [0.1, 0.15) is 5.82 Å². The highest BCUT2D eigenvalue weighted by Gasteiger charge is 2.26. The van der Waals surface area contributed by atoms with Crippen LogP contribution in [0.15, 0.2) is 28.8 Å².